The van der Waals surface area contributed by atoms with Crippen molar-refractivity contribution in [1.29, 1.82) is 0 Å². The number of piperidine rings is 1. The highest BCUT2D eigenvalue weighted by molar-refractivity contribution is 5.94. The standard InChI is InChI=1S/C20H27N3O2/c24-18(17-5-10-21-11-6-17)22-12-7-20(8-13-22)9-14-23(19(20)25)15-16-3-1-2-4-16/h5-6,10-11,16H,1-4,7-9,12-15H2. The minimum Gasteiger partial charge on any atom is -0.342 e. The van der Waals surface area contributed by atoms with Crippen LogP contribution in [0.5, 0.6) is 0 Å². The van der Waals surface area contributed by atoms with Gasteiger partial charge < -0.3 is 9.80 Å². The van der Waals surface area contributed by atoms with E-state index in [1.807, 2.05) is 4.90 Å². The molecule has 3 fully saturated rings. The summed E-state index contributed by atoms with van der Waals surface area (Å²) in [7, 11) is 0. The summed E-state index contributed by atoms with van der Waals surface area (Å²) in [6.45, 7) is 3.24. The lowest BCUT2D eigenvalue weighted by Crippen LogP contribution is -2.47. The first-order chi connectivity index (χ1) is 12.2. The molecule has 0 bridgehead atoms. The van der Waals surface area contributed by atoms with Gasteiger partial charge >= 0.3 is 0 Å². The zero-order valence-corrected chi connectivity index (χ0v) is 14.8. The third-order valence-electron chi connectivity index (χ3n) is 6.49. The van der Waals surface area contributed by atoms with Crippen molar-refractivity contribution in [1.82, 2.24) is 14.8 Å². The second-order valence-corrected chi connectivity index (χ2v) is 7.96. The molecule has 134 valence electrons. The van der Waals surface area contributed by atoms with Crippen molar-refractivity contribution in [2.45, 2.75) is 44.9 Å². The van der Waals surface area contributed by atoms with Crippen molar-refractivity contribution in [3.8, 4) is 0 Å². The van der Waals surface area contributed by atoms with Gasteiger partial charge in [-0.25, -0.2) is 0 Å². The largest absolute Gasteiger partial charge is 0.342 e. The lowest BCUT2D eigenvalue weighted by Gasteiger charge is -2.38. The Morgan fingerprint density at radius 3 is 2.40 bits per heavy atom. The van der Waals surface area contributed by atoms with Gasteiger partial charge in [0, 0.05) is 44.1 Å². The molecule has 0 radical (unpaired) electrons. The fourth-order valence-electron chi connectivity index (χ4n) is 4.85. The van der Waals surface area contributed by atoms with E-state index in [4.69, 9.17) is 0 Å². The average molecular weight is 341 g/mol. The quantitative estimate of drug-likeness (QED) is 0.849. The molecule has 3 heterocycles. The second kappa shape index (κ2) is 6.77. The zero-order chi connectivity index (χ0) is 17.3. The van der Waals surface area contributed by atoms with Gasteiger partial charge in [-0.2, -0.15) is 0 Å². The summed E-state index contributed by atoms with van der Waals surface area (Å²) in [5, 5.41) is 0. The maximum Gasteiger partial charge on any atom is 0.253 e. The van der Waals surface area contributed by atoms with E-state index in [0.29, 0.717) is 30.5 Å². The predicted octanol–water partition coefficient (Wildman–Crippen LogP) is 2.73. The Hall–Kier alpha value is -1.91. The Morgan fingerprint density at radius 2 is 1.72 bits per heavy atom. The van der Waals surface area contributed by atoms with Crippen molar-refractivity contribution in [2.75, 3.05) is 26.2 Å². The first-order valence-corrected chi connectivity index (χ1v) is 9.67. The van der Waals surface area contributed by atoms with E-state index in [0.717, 1.165) is 32.4 Å². The summed E-state index contributed by atoms with van der Waals surface area (Å²) in [5.74, 6) is 1.13. The van der Waals surface area contributed by atoms with Crippen LogP contribution < -0.4 is 0 Å². The number of likely N-dealkylation sites (tertiary alicyclic amines) is 2. The van der Waals surface area contributed by atoms with Crippen LogP contribution in [0.1, 0.15) is 55.3 Å². The van der Waals surface area contributed by atoms with Gasteiger partial charge in [0.1, 0.15) is 0 Å². The SMILES string of the molecule is O=C(c1ccncc1)N1CCC2(CC1)CCN(CC1CCCC1)C2=O. The van der Waals surface area contributed by atoms with Crippen LogP contribution >= 0.6 is 0 Å². The molecule has 1 saturated carbocycles. The topological polar surface area (TPSA) is 53.5 Å². The summed E-state index contributed by atoms with van der Waals surface area (Å²) >= 11 is 0. The third kappa shape index (κ3) is 3.16. The van der Waals surface area contributed by atoms with Gasteiger partial charge in [-0.1, -0.05) is 12.8 Å². The molecule has 0 atom stereocenters. The normalized spacial score (nSPS) is 23.6. The Bertz CT molecular complexity index is 632. The Morgan fingerprint density at radius 1 is 1.08 bits per heavy atom. The monoisotopic (exact) mass is 341 g/mol. The number of carbonyl (C=O) groups is 2. The fraction of sp³-hybridized carbons (Fsp3) is 0.650. The fourth-order valence-corrected chi connectivity index (χ4v) is 4.85. The molecule has 2 amide bonds. The van der Waals surface area contributed by atoms with Crippen LogP contribution in [0, 0.1) is 11.3 Å². The van der Waals surface area contributed by atoms with Gasteiger partial charge in [0.15, 0.2) is 0 Å². The summed E-state index contributed by atoms with van der Waals surface area (Å²) in [6.07, 6.45) is 11.1. The van der Waals surface area contributed by atoms with E-state index in [2.05, 4.69) is 9.88 Å². The highest BCUT2D eigenvalue weighted by atomic mass is 16.2. The number of hydrogen-bond acceptors (Lipinski definition) is 3. The van der Waals surface area contributed by atoms with Crippen LogP contribution in [0.4, 0.5) is 0 Å². The zero-order valence-electron chi connectivity index (χ0n) is 14.8. The number of nitrogens with zero attached hydrogens (tertiary/aromatic N) is 3. The Labute approximate surface area is 149 Å². The van der Waals surface area contributed by atoms with E-state index < -0.39 is 0 Å². The predicted molar refractivity (Wildman–Crippen MR) is 95.0 cm³/mol. The van der Waals surface area contributed by atoms with Crippen LogP contribution in [0.3, 0.4) is 0 Å². The van der Waals surface area contributed by atoms with Crippen molar-refractivity contribution < 1.29 is 9.59 Å². The first-order valence-electron chi connectivity index (χ1n) is 9.67. The van der Waals surface area contributed by atoms with Crippen molar-refractivity contribution in [3.63, 3.8) is 0 Å². The number of aromatic nitrogens is 1. The number of hydrogen-bond donors (Lipinski definition) is 0. The Balaban J connectivity index is 1.36. The summed E-state index contributed by atoms with van der Waals surface area (Å²) in [6, 6.07) is 3.52. The third-order valence-corrected chi connectivity index (χ3v) is 6.49. The molecule has 5 nitrogen and oxygen atoms in total. The molecule has 5 heteroatoms. The minimum absolute atomic E-state index is 0.0607. The molecule has 25 heavy (non-hydrogen) atoms. The number of rotatable bonds is 3. The molecular weight excluding hydrogens is 314 g/mol. The molecule has 0 aromatic carbocycles. The van der Waals surface area contributed by atoms with Gasteiger partial charge in [-0.3, -0.25) is 14.6 Å². The molecular formula is C20H27N3O2. The first kappa shape index (κ1) is 16.6. The van der Waals surface area contributed by atoms with Gasteiger partial charge in [-0.15, -0.1) is 0 Å². The molecule has 3 aliphatic rings. The molecule has 2 aliphatic heterocycles. The van der Waals surface area contributed by atoms with E-state index in [1.54, 1.807) is 24.5 Å². The van der Waals surface area contributed by atoms with Gasteiger partial charge in [0.25, 0.3) is 5.91 Å². The molecule has 4 rings (SSSR count). The minimum atomic E-state index is -0.201. The summed E-state index contributed by atoms with van der Waals surface area (Å²) in [5.41, 5.74) is 0.486. The van der Waals surface area contributed by atoms with Crippen molar-refractivity contribution in [2.24, 2.45) is 11.3 Å². The van der Waals surface area contributed by atoms with Gasteiger partial charge in [0.05, 0.1) is 5.41 Å². The maximum absolute atomic E-state index is 13.0. The van der Waals surface area contributed by atoms with E-state index in [-0.39, 0.29) is 11.3 Å². The Kier molecular flexibility index (Phi) is 4.48. The summed E-state index contributed by atoms with van der Waals surface area (Å²) in [4.78, 5) is 33.6. The van der Waals surface area contributed by atoms with Gasteiger partial charge in [0.2, 0.25) is 5.91 Å². The molecule has 0 N–H and O–H groups in total. The average Bonchev–Trinajstić information content (AvgIpc) is 3.27. The molecule has 1 aromatic rings. The van der Waals surface area contributed by atoms with E-state index in [9.17, 15) is 9.59 Å². The molecule has 1 spiro atoms. The number of amides is 2. The molecule has 1 aromatic heterocycles. The van der Waals surface area contributed by atoms with Crippen LogP contribution in [-0.4, -0.2) is 52.8 Å². The van der Waals surface area contributed by atoms with Crippen molar-refractivity contribution in [3.05, 3.63) is 30.1 Å². The van der Waals surface area contributed by atoms with Crippen LogP contribution in [0.25, 0.3) is 0 Å². The van der Waals surface area contributed by atoms with Crippen LogP contribution in [0.2, 0.25) is 0 Å². The van der Waals surface area contributed by atoms with E-state index in [1.165, 1.54) is 25.7 Å². The van der Waals surface area contributed by atoms with Gasteiger partial charge in [-0.05, 0) is 50.2 Å². The lowest BCUT2D eigenvalue weighted by molar-refractivity contribution is -0.138. The van der Waals surface area contributed by atoms with Crippen LogP contribution in [0.15, 0.2) is 24.5 Å². The highest BCUT2D eigenvalue weighted by Crippen LogP contribution is 2.42. The summed E-state index contributed by atoms with van der Waals surface area (Å²) < 4.78 is 0. The smallest absolute Gasteiger partial charge is 0.253 e. The molecule has 0 unspecified atom stereocenters. The van der Waals surface area contributed by atoms with Crippen molar-refractivity contribution >= 4 is 11.8 Å². The lowest BCUT2D eigenvalue weighted by atomic mass is 9.77. The maximum atomic E-state index is 13.0. The van der Waals surface area contributed by atoms with Crippen LogP contribution in [-0.2, 0) is 4.79 Å². The molecule has 1 aliphatic carbocycles. The molecule has 2 saturated heterocycles. The highest BCUT2D eigenvalue weighted by Gasteiger charge is 2.48. The number of carbonyl (C=O) groups excluding carboxylic acids is 2. The second-order valence-electron chi connectivity index (χ2n) is 7.96. The number of pyridine rings is 1. The van der Waals surface area contributed by atoms with E-state index >= 15 is 0 Å².